The second-order valence-corrected chi connectivity index (χ2v) is 5.08. The minimum atomic E-state index is -0.345. The topological polar surface area (TPSA) is 62.3 Å². The van der Waals surface area contributed by atoms with Crippen molar-refractivity contribution in [1.29, 1.82) is 0 Å². The van der Waals surface area contributed by atoms with Gasteiger partial charge in [0.2, 0.25) is 11.8 Å². The average Bonchev–Trinajstić information content (AvgIpc) is 2.53. The highest BCUT2D eigenvalue weighted by Gasteiger charge is 2.33. The minimum absolute atomic E-state index is 0.0604. The van der Waals surface area contributed by atoms with Crippen LogP contribution in [0, 0.1) is 6.92 Å². The maximum absolute atomic E-state index is 11.8. The Morgan fingerprint density at radius 2 is 1.77 bits per heavy atom. The van der Waals surface area contributed by atoms with Crippen LogP contribution in [-0.4, -0.2) is 29.9 Å². The van der Waals surface area contributed by atoms with Gasteiger partial charge in [0, 0.05) is 25.1 Å². The summed E-state index contributed by atoms with van der Waals surface area (Å²) in [4.78, 5) is 27.9. The number of nitrogens with zero attached hydrogens (tertiary/aromatic N) is 2. The normalized spacial score (nSPS) is 15.7. The van der Waals surface area contributed by atoms with E-state index in [1.165, 1.54) is 5.56 Å². The van der Waals surface area contributed by atoms with Crippen LogP contribution in [0.3, 0.4) is 0 Å². The second-order valence-electron chi connectivity index (χ2n) is 5.08. The number of benzene rings is 1. The Hall–Kier alpha value is -2.69. The predicted molar refractivity (Wildman–Crippen MR) is 85.4 cm³/mol. The Labute approximate surface area is 130 Å². The molecule has 1 aromatic carbocycles. The third-order valence-corrected chi connectivity index (χ3v) is 3.34. The largest absolute Gasteiger partial charge is 0.344 e. The van der Waals surface area contributed by atoms with Crippen molar-refractivity contribution in [2.45, 2.75) is 19.4 Å². The number of para-hydroxylation sites is 1. The lowest BCUT2D eigenvalue weighted by Gasteiger charge is -2.29. The summed E-state index contributed by atoms with van der Waals surface area (Å²) >= 11 is 0. The predicted octanol–water partition coefficient (Wildman–Crippen LogP) is 1.93. The third kappa shape index (κ3) is 4.15. The van der Waals surface area contributed by atoms with Gasteiger partial charge in [0.25, 0.3) is 0 Å². The van der Waals surface area contributed by atoms with Crippen molar-refractivity contribution in [2.75, 3.05) is 11.9 Å². The molecular weight excluding hydrogens is 278 g/mol. The van der Waals surface area contributed by atoms with Crippen molar-refractivity contribution in [3.8, 4) is 0 Å². The molecule has 5 heteroatoms. The molecule has 1 fully saturated rings. The molecule has 0 aliphatic carbocycles. The third-order valence-electron chi connectivity index (χ3n) is 3.34. The van der Waals surface area contributed by atoms with E-state index in [-0.39, 0.29) is 17.9 Å². The second kappa shape index (κ2) is 7.36. The van der Waals surface area contributed by atoms with E-state index in [1.54, 1.807) is 24.3 Å². The summed E-state index contributed by atoms with van der Waals surface area (Å²) < 4.78 is 0. The number of nitrogens with one attached hydrogen (secondary N) is 1. The van der Waals surface area contributed by atoms with Gasteiger partial charge in [-0.25, -0.2) is 0 Å². The summed E-state index contributed by atoms with van der Waals surface area (Å²) in [6.45, 7) is 2.04. The zero-order valence-electron chi connectivity index (χ0n) is 12.7. The number of β-lactam (4-membered cyclic amide) rings is 1. The first-order valence-electron chi connectivity index (χ1n) is 7.06. The standard InChI is InChI=1S/C11H12N2O2.C6H7N/c1-13(8-5-3-2-4-6-8)11(15)9-7-10(14)12-9;1-6-2-4-7-5-3-6/h2-6,9H,7H2,1H3,(H,12,14);2-5H,1H3. The van der Waals surface area contributed by atoms with Gasteiger partial charge in [0.1, 0.15) is 6.04 Å². The van der Waals surface area contributed by atoms with E-state index in [9.17, 15) is 9.59 Å². The molecule has 0 radical (unpaired) electrons. The van der Waals surface area contributed by atoms with Gasteiger partial charge in [0.05, 0.1) is 6.42 Å². The molecule has 2 heterocycles. The quantitative estimate of drug-likeness (QED) is 0.862. The Kier molecular flexibility index (Phi) is 5.25. The average molecular weight is 297 g/mol. The Bertz CT molecular complexity index is 621. The van der Waals surface area contributed by atoms with Crippen LogP contribution in [0.4, 0.5) is 5.69 Å². The van der Waals surface area contributed by atoms with Crippen molar-refractivity contribution < 1.29 is 9.59 Å². The number of rotatable bonds is 2. The SMILES string of the molecule is CN(C(=O)C1CC(=O)N1)c1ccccc1.Cc1ccncc1. The van der Waals surface area contributed by atoms with Gasteiger partial charge >= 0.3 is 0 Å². The Morgan fingerprint density at radius 1 is 1.18 bits per heavy atom. The van der Waals surface area contributed by atoms with Crippen molar-refractivity contribution in [3.05, 3.63) is 60.4 Å². The summed E-state index contributed by atoms with van der Waals surface area (Å²) in [7, 11) is 1.71. The molecule has 5 nitrogen and oxygen atoms in total. The number of pyridine rings is 1. The van der Waals surface area contributed by atoms with E-state index in [4.69, 9.17) is 0 Å². The maximum Gasteiger partial charge on any atom is 0.249 e. The molecule has 0 spiro atoms. The van der Waals surface area contributed by atoms with Crippen molar-refractivity contribution >= 4 is 17.5 Å². The number of carbonyl (C=O) groups is 2. The van der Waals surface area contributed by atoms with Gasteiger partial charge in [-0.2, -0.15) is 0 Å². The van der Waals surface area contributed by atoms with Crippen molar-refractivity contribution in [2.24, 2.45) is 0 Å². The fraction of sp³-hybridized carbons (Fsp3) is 0.235. The highest BCUT2D eigenvalue weighted by molar-refractivity contribution is 6.04. The van der Waals surface area contributed by atoms with Gasteiger partial charge in [0.15, 0.2) is 0 Å². The fourth-order valence-electron chi connectivity index (χ4n) is 1.95. The van der Waals surface area contributed by atoms with Crippen LogP contribution in [0.5, 0.6) is 0 Å². The zero-order valence-corrected chi connectivity index (χ0v) is 12.7. The summed E-state index contributed by atoms with van der Waals surface area (Å²) in [5.74, 6) is -0.129. The van der Waals surface area contributed by atoms with E-state index in [0.717, 1.165) is 5.69 Å². The van der Waals surface area contributed by atoms with Crippen LogP contribution in [0.15, 0.2) is 54.9 Å². The first-order chi connectivity index (χ1) is 10.6. The Morgan fingerprint density at radius 3 is 2.23 bits per heavy atom. The molecule has 2 amide bonds. The number of anilines is 1. The monoisotopic (exact) mass is 297 g/mol. The number of amides is 2. The van der Waals surface area contributed by atoms with E-state index in [1.807, 2.05) is 49.4 Å². The van der Waals surface area contributed by atoms with Gasteiger partial charge < -0.3 is 10.2 Å². The molecule has 1 unspecified atom stereocenters. The molecule has 1 aliphatic rings. The molecule has 1 N–H and O–H groups in total. The van der Waals surface area contributed by atoms with E-state index >= 15 is 0 Å². The highest BCUT2D eigenvalue weighted by Crippen LogP contribution is 2.15. The molecule has 1 atom stereocenters. The molecule has 1 aromatic heterocycles. The first kappa shape index (κ1) is 15.7. The number of carbonyl (C=O) groups excluding carboxylic acids is 2. The first-order valence-corrected chi connectivity index (χ1v) is 7.06. The van der Waals surface area contributed by atoms with Crippen LogP contribution in [0.25, 0.3) is 0 Å². The highest BCUT2D eigenvalue weighted by atomic mass is 16.2. The summed E-state index contributed by atoms with van der Waals surface area (Å²) in [5, 5.41) is 2.56. The van der Waals surface area contributed by atoms with Crippen molar-refractivity contribution in [3.63, 3.8) is 0 Å². The lowest BCUT2D eigenvalue weighted by Crippen LogP contribution is -2.57. The fourth-order valence-corrected chi connectivity index (χ4v) is 1.95. The molecular formula is C17H19N3O2. The van der Waals surface area contributed by atoms with Crippen LogP contribution >= 0.6 is 0 Å². The van der Waals surface area contributed by atoms with Gasteiger partial charge in [-0.15, -0.1) is 0 Å². The number of likely N-dealkylation sites (N-methyl/N-ethyl adjacent to an activating group) is 1. The van der Waals surface area contributed by atoms with Crippen molar-refractivity contribution in [1.82, 2.24) is 10.3 Å². The van der Waals surface area contributed by atoms with Gasteiger partial charge in [-0.3, -0.25) is 14.6 Å². The molecule has 22 heavy (non-hydrogen) atoms. The number of hydrogen-bond donors (Lipinski definition) is 1. The minimum Gasteiger partial charge on any atom is -0.344 e. The van der Waals surface area contributed by atoms with Crippen LogP contribution in [0.2, 0.25) is 0 Å². The lowest BCUT2D eigenvalue weighted by atomic mass is 10.1. The van der Waals surface area contributed by atoms with Gasteiger partial charge in [-0.1, -0.05) is 18.2 Å². The number of hydrogen-bond acceptors (Lipinski definition) is 3. The van der Waals surface area contributed by atoms with Gasteiger partial charge in [-0.05, 0) is 36.8 Å². The zero-order chi connectivity index (χ0) is 15.9. The number of aryl methyl sites for hydroxylation is 1. The molecule has 114 valence electrons. The van der Waals surface area contributed by atoms with E-state index in [0.29, 0.717) is 6.42 Å². The molecule has 1 saturated heterocycles. The van der Waals surface area contributed by atoms with E-state index < -0.39 is 0 Å². The maximum atomic E-state index is 11.8. The summed E-state index contributed by atoms with van der Waals surface area (Å²) in [6.07, 6.45) is 3.88. The summed E-state index contributed by atoms with van der Waals surface area (Å²) in [6, 6.07) is 13.0. The summed E-state index contributed by atoms with van der Waals surface area (Å²) in [5.41, 5.74) is 2.10. The Balaban J connectivity index is 0.000000211. The van der Waals surface area contributed by atoms with E-state index in [2.05, 4.69) is 10.3 Å². The molecule has 3 rings (SSSR count). The molecule has 0 saturated carbocycles. The lowest BCUT2D eigenvalue weighted by molar-refractivity contribution is -0.135. The number of aromatic nitrogens is 1. The smallest absolute Gasteiger partial charge is 0.249 e. The van der Waals surface area contributed by atoms with Crippen LogP contribution in [-0.2, 0) is 9.59 Å². The molecule has 2 aromatic rings. The van der Waals surface area contributed by atoms with Crippen LogP contribution in [0.1, 0.15) is 12.0 Å². The van der Waals surface area contributed by atoms with Crippen LogP contribution < -0.4 is 10.2 Å². The molecule has 1 aliphatic heterocycles. The molecule has 0 bridgehead atoms.